The maximum atomic E-state index is 12.9. The van der Waals surface area contributed by atoms with E-state index in [1.165, 1.54) is 0 Å². The summed E-state index contributed by atoms with van der Waals surface area (Å²) in [4.78, 5) is 11.0. The molecule has 5 nitrogen and oxygen atoms in total. The van der Waals surface area contributed by atoms with Crippen LogP contribution in [0, 0.1) is 0 Å². The first-order chi connectivity index (χ1) is 8.68. The summed E-state index contributed by atoms with van der Waals surface area (Å²) in [6.07, 6.45) is 1.58. The minimum atomic E-state index is -5.78. The Bertz CT molecular complexity index is 581. The SMILES string of the molecule is C=Cc1ccc(CNC(=O)C(F)(F)S(=O)(=O)O)cc1. The van der Waals surface area contributed by atoms with E-state index in [1.807, 2.05) is 0 Å². The molecule has 1 amide bonds. The second kappa shape index (κ2) is 5.45. The zero-order valence-electron chi connectivity index (χ0n) is 9.64. The molecule has 0 unspecified atom stereocenters. The molecule has 0 aliphatic heterocycles. The average molecular weight is 291 g/mol. The quantitative estimate of drug-likeness (QED) is 0.804. The predicted molar refractivity (Wildman–Crippen MR) is 64.9 cm³/mol. The van der Waals surface area contributed by atoms with Crippen LogP contribution in [0.5, 0.6) is 0 Å². The van der Waals surface area contributed by atoms with Gasteiger partial charge in [-0.2, -0.15) is 17.2 Å². The third-order valence-electron chi connectivity index (χ3n) is 2.26. The molecule has 0 saturated heterocycles. The Labute approximate surface area is 108 Å². The molecule has 104 valence electrons. The maximum Gasteiger partial charge on any atom is 0.446 e. The summed E-state index contributed by atoms with van der Waals surface area (Å²) >= 11 is 0. The van der Waals surface area contributed by atoms with Crippen LogP contribution in [0.3, 0.4) is 0 Å². The summed E-state index contributed by atoms with van der Waals surface area (Å²) in [6, 6.07) is 6.41. The molecular weight excluding hydrogens is 280 g/mol. The minimum Gasteiger partial charge on any atom is -0.346 e. The van der Waals surface area contributed by atoms with Gasteiger partial charge in [-0.15, -0.1) is 0 Å². The lowest BCUT2D eigenvalue weighted by Gasteiger charge is -2.12. The highest BCUT2D eigenvalue weighted by Crippen LogP contribution is 2.20. The van der Waals surface area contributed by atoms with Crippen molar-refractivity contribution < 1.29 is 26.5 Å². The van der Waals surface area contributed by atoms with E-state index in [4.69, 9.17) is 4.55 Å². The van der Waals surface area contributed by atoms with Crippen LogP contribution in [-0.2, 0) is 21.5 Å². The molecule has 0 aliphatic carbocycles. The Balaban J connectivity index is 2.71. The van der Waals surface area contributed by atoms with Gasteiger partial charge in [-0.3, -0.25) is 9.35 Å². The van der Waals surface area contributed by atoms with Gasteiger partial charge in [0.25, 0.3) is 0 Å². The van der Waals surface area contributed by atoms with Crippen molar-refractivity contribution in [2.24, 2.45) is 0 Å². The highest BCUT2D eigenvalue weighted by atomic mass is 32.2. The van der Waals surface area contributed by atoms with Crippen LogP contribution in [0.25, 0.3) is 6.08 Å². The first-order valence-electron chi connectivity index (χ1n) is 5.03. The van der Waals surface area contributed by atoms with E-state index in [1.54, 1.807) is 35.7 Å². The van der Waals surface area contributed by atoms with Crippen LogP contribution in [0.1, 0.15) is 11.1 Å². The normalized spacial score (nSPS) is 11.9. The van der Waals surface area contributed by atoms with Gasteiger partial charge < -0.3 is 5.32 Å². The first kappa shape index (κ1) is 15.3. The van der Waals surface area contributed by atoms with Gasteiger partial charge in [0.05, 0.1) is 0 Å². The third kappa shape index (κ3) is 3.58. The number of hydrogen-bond acceptors (Lipinski definition) is 3. The molecule has 8 heteroatoms. The number of carbonyl (C=O) groups is 1. The molecule has 0 saturated carbocycles. The number of amides is 1. The Kier molecular flexibility index (Phi) is 4.38. The van der Waals surface area contributed by atoms with E-state index in [0.29, 0.717) is 5.56 Å². The Morgan fingerprint density at radius 1 is 1.37 bits per heavy atom. The van der Waals surface area contributed by atoms with Crippen LogP contribution in [0.15, 0.2) is 30.8 Å². The lowest BCUT2D eigenvalue weighted by atomic mass is 10.1. The predicted octanol–water partition coefficient (Wildman–Crippen LogP) is 1.43. The van der Waals surface area contributed by atoms with Crippen LogP contribution in [0.2, 0.25) is 0 Å². The molecular formula is C11H11F2NO4S. The summed E-state index contributed by atoms with van der Waals surface area (Å²) in [5.74, 6) is -2.08. The zero-order valence-corrected chi connectivity index (χ0v) is 10.5. The fraction of sp³-hybridized carbons (Fsp3) is 0.182. The van der Waals surface area contributed by atoms with Gasteiger partial charge in [0.2, 0.25) is 0 Å². The maximum absolute atomic E-state index is 12.9. The average Bonchev–Trinajstić information content (AvgIpc) is 2.35. The van der Waals surface area contributed by atoms with Crippen molar-refractivity contribution in [3.05, 3.63) is 42.0 Å². The van der Waals surface area contributed by atoms with Gasteiger partial charge in [0.1, 0.15) is 0 Å². The molecule has 0 aromatic heterocycles. The Hall–Kier alpha value is -1.80. The smallest absolute Gasteiger partial charge is 0.346 e. The van der Waals surface area contributed by atoms with E-state index in [2.05, 4.69) is 6.58 Å². The fourth-order valence-electron chi connectivity index (χ4n) is 1.17. The number of hydrogen-bond donors (Lipinski definition) is 2. The van der Waals surface area contributed by atoms with Gasteiger partial charge in [0, 0.05) is 6.54 Å². The van der Waals surface area contributed by atoms with E-state index >= 15 is 0 Å². The number of halogens is 2. The first-order valence-corrected chi connectivity index (χ1v) is 6.47. The molecule has 0 aliphatic rings. The van der Waals surface area contributed by atoms with Gasteiger partial charge in [-0.1, -0.05) is 36.9 Å². The second-order valence-corrected chi connectivity index (χ2v) is 5.08. The molecule has 2 N–H and O–H groups in total. The third-order valence-corrected chi connectivity index (χ3v) is 3.09. The number of rotatable bonds is 5. The van der Waals surface area contributed by atoms with E-state index < -0.39 is 21.3 Å². The highest BCUT2D eigenvalue weighted by molar-refractivity contribution is 7.87. The minimum absolute atomic E-state index is 0.290. The summed E-state index contributed by atoms with van der Waals surface area (Å²) in [5, 5.41) is -3.14. The van der Waals surface area contributed by atoms with Crippen LogP contribution >= 0.6 is 0 Å². The number of alkyl halides is 2. The second-order valence-electron chi connectivity index (χ2n) is 3.62. The number of nitrogens with one attached hydrogen (secondary N) is 1. The van der Waals surface area contributed by atoms with Crippen molar-refractivity contribution >= 4 is 22.1 Å². The molecule has 0 bridgehead atoms. The van der Waals surface area contributed by atoms with Gasteiger partial charge in [-0.25, -0.2) is 0 Å². The lowest BCUT2D eigenvalue weighted by molar-refractivity contribution is -0.136. The topological polar surface area (TPSA) is 83.5 Å². The van der Waals surface area contributed by atoms with E-state index in [0.717, 1.165) is 5.56 Å². The molecule has 1 aromatic carbocycles. The van der Waals surface area contributed by atoms with Crippen molar-refractivity contribution in [2.75, 3.05) is 0 Å². The molecule has 1 rings (SSSR count). The van der Waals surface area contributed by atoms with E-state index in [-0.39, 0.29) is 6.54 Å². The molecule has 0 heterocycles. The van der Waals surface area contributed by atoms with Crippen molar-refractivity contribution in [2.45, 2.75) is 11.8 Å². The molecule has 1 aromatic rings. The molecule has 19 heavy (non-hydrogen) atoms. The molecule has 0 radical (unpaired) electrons. The van der Waals surface area contributed by atoms with Crippen LogP contribution in [0.4, 0.5) is 8.78 Å². The molecule has 0 spiro atoms. The van der Waals surface area contributed by atoms with Gasteiger partial charge in [-0.05, 0) is 11.1 Å². The van der Waals surface area contributed by atoms with Crippen LogP contribution in [-0.4, -0.2) is 24.1 Å². The van der Waals surface area contributed by atoms with Gasteiger partial charge in [0.15, 0.2) is 0 Å². The summed E-state index contributed by atoms with van der Waals surface area (Å²) in [6.45, 7) is 3.24. The fourth-order valence-corrected chi connectivity index (χ4v) is 1.48. The Morgan fingerprint density at radius 3 is 2.32 bits per heavy atom. The zero-order chi connectivity index (χ0) is 14.7. The summed E-state index contributed by atoms with van der Waals surface area (Å²) in [5.41, 5.74) is 1.29. The van der Waals surface area contributed by atoms with Crippen molar-refractivity contribution in [3.63, 3.8) is 0 Å². The van der Waals surface area contributed by atoms with Crippen LogP contribution < -0.4 is 5.32 Å². The van der Waals surface area contributed by atoms with Crippen molar-refractivity contribution in [1.82, 2.24) is 5.32 Å². The molecule has 0 atom stereocenters. The van der Waals surface area contributed by atoms with E-state index in [9.17, 15) is 22.0 Å². The largest absolute Gasteiger partial charge is 0.446 e. The summed E-state index contributed by atoms with van der Waals surface area (Å²) in [7, 11) is -5.78. The number of benzene rings is 1. The standard InChI is InChI=1S/C11H11F2NO4S/c1-2-8-3-5-9(6-4-8)7-14-10(15)11(12,13)19(16,17)18/h2-6H,1,7H2,(H,14,15)(H,16,17,18). The summed E-state index contributed by atoms with van der Waals surface area (Å²) < 4.78 is 54.6. The lowest BCUT2D eigenvalue weighted by Crippen LogP contribution is -2.45. The molecule has 0 fully saturated rings. The Morgan fingerprint density at radius 2 is 1.89 bits per heavy atom. The highest BCUT2D eigenvalue weighted by Gasteiger charge is 2.52. The monoisotopic (exact) mass is 291 g/mol. The van der Waals surface area contributed by atoms with Crippen molar-refractivity contribution in [3.8, 4) is 0 Å². The van der Waals surface area contributed by atoms with Crippen molar-refractivity contribution in [1.29, 1.82) is 0 Å². The van der Waals surface area contributed by atoms with Gasteiger partial charge >= 0.3 is 21.3 Å². The number of carbonyl (C=O) groups excluding carboxylic acids is 1.